The van der Waals surface area contributed by atoms with Crippen LogP contribution in [0.4, 0.5) is 0 Å². The van der Waals surface area contributed by atoms with Gasteiger partial charge >= 0.3 is 0 Å². The summed E-state index contributed by atoms with van der Waals surface area (Å²) in [6.45, 7) is 4.10. The van der Waals surface area contributed by atoms with Crippen molar-refractivity contribution < 1.29 is 14.3 Å². The fraction of sp³-hybridized carbons (Fsp3) is 0.391. The zero-order valence-electron chi connectivity index (χ0n) is 17.5. The van der Waals surface area contributed by atoms with E-state index in [0.29, 0.717) is 19.0 Å². The zero-order valence-corrected chi connectivity index (χ0v) is 17.5. The molecule has 2 aliphatic heterocycles. The van der Waals surface area contributed by atoms with Crippen molar-refractivity contribution >= 4 is 5.91 Å². The third-order valence-electron chi connectivity index (χ3n) is 5.84. The molecule has 0 spiro atoms. The molecule has 1 amide bonds. The van der Waals surface area contributed by atoms with E-state index in [0.717, 1.165) is 54.0 Å². The maximum Gasteiger partial charge on any atom is 0.246 e. The van der Waals surface area contributed by atoms with Crippen LogP contribution in [0, 0.1) is 6.92 Å². The predicted octanol–water partition coefficient (Wildman–Crippen LogP) is 3.17. The van der Waals surface area contributed by atoms with Crippen LogP contribution in [0.3, 0.4) is 0 Å². The summed E-state index contributed by atoms with van der Waals surface area (Å²) in [6.07, 6.45) is 2.75. The average molecular weight is 419 g/mol. The van der Waals surface area contributed by atoms with E-state index in [1.165, 1.54) is 4.80 Å². The van der Waals surface area contributed by atoms with Gasteiger partial charge in [0, 0.05) is 18.5 Å². The van der Waals surface area contributed by atoms with E-state index in [-0.39, 0.29) is 18.5 Å². The lowest BCUT2D eigenvalue weighted by Crippen LogP contribution is -2.34. The van der Waals surface area contributed by atoms with Gasteiger partial charge in [0.2, 0.25) is 11.7 Å². The van der Waals surface area contributed by atoms with E-state index < -0.39 is 0 Å². The normalized spacial score (nSPS) is 18.1. The second kappa shape index (κ2) is 8.37. The van der Waals surface area contributed by atoms with E-state index >= 15 is 0 Å². The summed E-state index contributed by atoms with van der Waals surface area (Å²) < 4.78 is 11.6. The van der Waals surface area contributed by atoms with Crippen molar-refractivity contribution in [2.24, 2.45) is 0 Å². The van der Waals surface area contributed by atoms with Gasteiger partial charge in [-0.3, -0.25) is 4.79 Å². The first-order valence-corrected chi connectivity index (χ1v) is 10.7. The van der Waals surface area contributed by atoms with Crippen molar-refractivity contribution in [3.8, 4) is 22.9 Å². The van der Waals surface area contributed by atoms with Gasteiger partial charge in [-0.1, -0.05) is 30.3 Å². The van der Waals surface area contributed by atoms with E-state index in [9.17, 15) is 4.79 Å². The largest absolute Gasteiger partial charge is 0.490 e. The van der Waals surface area contributed by atoms with Crippen LogP contribution in [0.1, 0.15) is 36.4 Å². The average Bonchev–Trinajstić information content (AvgIpc) is 3.39. The smallest absolute Gasteiger partial charge is 0.246 e. The maximum atomic E-state index is 13.1. The monoisotopic (exact) mass is 419 g/mol. The van der Waals surface area contributed by atoms with Gasteiger partial charge in [-0.25, -0.2) is 0 Å². The van der Waals surface area contributed by atoms with Crippen LogP contribution in [0.2, 0.25) is 0 Å². The van der Waals surface area contributed by atoms with E-state index in [1.54, 1.807) is 0 Å². The lowest BCUT2D eigenvalue weighted by molar-refractivity contribution is -0.133. The maximum absolute atomic E-state index is 13.1. The summed E-state index contributed by atoms with van der Waals surface area (Å²) in [5.74, 6) is 2.05. The summed E-state index contributed by atoms with van der Waals surface area (Å²) in [4.78, 5) is 16.4. The van der Waals surface area contributed by atoms with Crippen molar-refractivity contribution in [3.63, 3.8) is 0 Å². The molecule has 2 aliphatic rings. The fourth-order valence-electron chi connectivity index (χ4n) is 4.25. The molecule has 0 radical (unpaired) electrons. The lowest BCUT2D eigenvalue weighted by Gasteiger charge is -2.25. The molecule has 1 saturated heterocycles. The van der Waals surface area contributed by atoms with Crippen LogP contribution >= 0.6 is 0 Å². The Kier molecular flexibility index (Phi) is 5.28. The first kappa shape index (κ1) is 19.5. The van der Waals surface area contributed by atoms with E-state index in [4.69, 9.17) is 9.47 Å². The molecule has 5 rings (SSSR count). The number of hydrogen-bond donors (Lipinski definition) is 0. The summed E-state index contributed by atoms with van der Waals surface area (Å²) >= 11 is 0. The Bertz CT molecular complexity index is 1100. The molecule has 8 heteroatoms. The van der Waals surface area contributed by atoms with Gasteiger partial charge in [0.15, 0.2) is 11.5 Å². The molecule has 0 N–H and O–H groups in total. The Labute approximate surface area is 180 Å². The number of aryl methyl sites for hydroxylation is 1. The number of likely N-dealkylation sites (tertiary alicyclic amines) is 1. The number of ether oxygens (including phenoxy) is 2. The van der Waals surface area contributed by atoms with Crippen molar-refractivity contribution in [1.82, 2.24) is 25.1 Å². The molecule has 160 valence electrons. The first-order valence-electron chi connectivity index (χ1n) is 10.7. The van der Waals surface area contributed by atoms with Crippen LogP contribution in [-0.2, 0) is 11.3 Å². The third kappa shape index (κ3) is 3.97. The van der Waals surface area contributed by atoms with Crippen molar-refractivity contribution in [2.75, 3.05) is 19.8 Å². The first-order chi connectivity index (χ1) is 15.2. The number of carbonyl (C=O) groups is 1. The molecule has 1 atom stereocenters. The van der Waals surface area contributed by atoms with Gasteiger partial charge in [-0.05, 0) is 48.2 Å². The van der Waals surface area contributed by atoms with E-state index in [1.807, 2.05) is 54.3 Å². The molecular weight excluding hydrogens is 394 g/mol. The Morgan fingerprint density at radius 3 is 2.81 bits per heavy atom. The van der Waals surface area contributed by atoms with Crippen LogP contribution in [0.15, 0.2) is 42.5 Å². The molecule has 0 saturated carbocycles. The number of amides is 1. The van der Waals surface area contributed by atoms with Crippen LogP contribution in [-0.4, -0.2) is 50.8 Å². The highest BCUT2D eigenvalue weighted by molar-refractivity contribution is 5.76. The Balaban J connectivity index is 1.32. The molecule has 8 nitrogen and oxygen atoms in total. The second-order valence-electron chi connectivity index (χ2n) is 7.96. The summed E-state index contributed by atoms with van der Waals surface area (Å²) in [6, 6.07) is 13.9. The minimum absolute atomic E-state index is 0.0108. The van der Waals surface area contributed by atoms with Crippen molar-refractivity contribution in [1.29, 1.82) is 0 Å². The SMILES string of the molecule is Cc1ccccc1-c1nnn(CC(=O)N2CCCC2c2ccc3c(c2)OCCCO3)n1. The van der Waals surface area contributed by atoms with Crippen LogP contribution < -0.4 is 9.47 Å². The van der Waals surface area contributed by atoms with Gasteiger partial charge in [-0.2, -0.15) is 4.80 Å². The number of hydrogen-bond acceptors (Lipinski definition) is 6. The Morgan fingerprint density at radius 1 is 1.10 bits per heavy atom. The highest BCUT2D eigenvalue weighted by atomic mass is 16.5. The van der Waals surface area contributed by atoms with Gasteiger partial charge in [-0.15, -0.1) is 10.2 Å². The minimum Gasteiger partial charge on any atom is -0.490 e. The number of tetrazole rings is 1. The molecule has 31 heavy (non-hydrogen) atoms. The van der Waals surface area contributed by atoms with Gasteiger partial charge in [0.05, 0.1) is 19.3 Å². The topological polar surface area (TPSA) is 82.4 Å². The molecule has 3 aromatic rings. The van der Waals surface area contributed by atoms with Crippen LogP contribution in [0.25, 0.3) is 11.4 Å². The molecular formula is C23H25N5O3. The number of nitrogens with zero attached hydrogens (tertiary/aromatic N) is 5. The summed E-state index contributed by atoms with van der Waals surface area (Å²) in [7, 11) is 0. The summed E-state index contributed by atoms with van der Waals surface area (Å²) in [5, 5.41) is 12.7. The highest BCUT2D eigenvalue weighted by Crippen LogP contribution is 2.38. The van der Waals surface area contributed by atoms with Gasteiger partial charge in [0.25, 0.3) is 0 Å². The molecule has 0 aliphatic carbocycles. The number of fused-ring (bicyclic) bond motifs is 1. The molecule has 1 unspecified atom stereocenters. The third-order valence-corrected chi connectivity index (χ3v) is 5.84. The highest BCUT2D eigenvalue weighted by Gasteiger charge is 2.31. The van der Waals surface area contributed by atoms with Gasteiger partial charge in [0.1, 0.15) is 6.54 Å². The number of aromatic nitrogens is 4. The fourth-order valence-corrected chi connectivity index (χ4v) is 4.25. The number of benzene rings is 2. The molecule has 2 aromatic carbocycles. The molecule has 0 bridgehead atoms. The lowest BCUT2D eigenvalue weighted by atomic mass is 10.0. The van der Waals surface area contributed by atoms with Crippen LogP contribution in [0.5, 0.6) is 11.5 Å². The second-order valence-corrected chi connectivity index (χ2v) is 7.96. The van der Waals surface area contributed by atoms with Crippen molar-refractivity contribution in [3.05, 3.63) is 53.6 Å². The minimum atomic E-state index is -0.0108. The van der Waals surface area contributed by atoms with Crippen molar-refractivity contribution in [2.45, 2.75) is 38.8 Å². The number of carbonyl (C=O) groups excluding carboxylic acids is 1. The quantitative estimate of drug-likeness (QED) is 0.646. The zero-order chi connectivity index (χ0) is 21.2. The molecule has 1 aromatic heterocycles. The molecule has 3 heterocycles. The molecule has 1 fully saturated rings. The Hall–Kier alpha value is -3.42. The number of rotatable bonds is 4. The Morgan fingerprint density at radius 2 is 1.94 bits per heavy atom. The standard InChI is InChI=1S/C23H25N5O3/c1-16-6-2-3-7-18(16)23-24-26-28(25-23)15-22(29)27-11-4-8-19(27)17-9-10-20-21(14-17)31-13-5-12-30-20/h2-3,6-7,9-10,14,19H,4-5,8,11-13,15H2,1H3. The van der Waals surface area contributed by atoms with Gasteiger partial charge < -0.3 is 14.4 Å². The summed E-state index contributed by atoms with van der Waals surface area (Å²) in [5.41, 5.74) is 3.07. The van der Waals surface area contributed by atoms with E-state index in [2.05, 4.69) is 15.4 Å². The predicted molar refractivity (Wildman–Crippen MR) is 114 cm³/mol.